The molecule has 2 atom stereocenters. The Morgan fingerprint density at radius 2 is 1.55 bits per heavy atom. The topological polar surface area (TPSA) is 27.7 Å². The minimum atomic E-state index is -1.45. The molecule has 2 aliphatic rings. The van der Waals surface area contributed by atoms with Gasteiger partial charge >= 0.3 is 0 Å². The maximum Gasteiger partial charge on any atom is 0.194 e. The van der Waals surface area contributed by atoms with E-state index < -0.39 is 23.6 Å². The van der Waals surface area contributed by atoms with Gasteiger partial charge in [0.15, 0.2) is 23.7 Å². The largest absolute Gasteiger partial charge is 0.373 e. The predicted molar refractivity (Wildman–Crippen MR) is 81.2 cm³/mol. The van der Waals surface area contributed by atoms with E-state index >= 15 is 0 Å². The van der Waals surface area contributed by atoms with Crippen LogP contribution in [0.15, 0.2) is 12.1 Å². The molecule has 0 radical (unpaired) electrons. The fourth-order valence-electron chi connectivity index (χ4n) is 2.78. The lowest BCUT2D eigenvalue weighted by Gasteiger charge is -2.36. The first-order valence-corrected chi connectivity index (χ1v) is 8.42. The molecule has 2 heterocycles. The minimum absolute atomic E-state index is 0.107. The summed E-state index contributed by atoms with van der Waals surface area (Å²) in [5, 5.41) is 0. The van der Waals surface area contributed by atoms with E-state index in [1.165, 1.54) is 0 Å². The van der Waals surface area contributed by atoms with Crippen LogP contribution in [-0.2, 0) is 14.2 Å². The van der Waals surface area contributed by atoms with Crippen molar-refractivity contribution < 1.29 is 27.4 Å². The van der Waals surface area contributed by atoms with E-state index in [0.29, 0.717) is 35.7 Å². The summed E-state index contributed by atoms with van der Waals surface area (Å²) in [5.74, 6) is -3.72. The first-order chi connectivity index (χ1) is 10.5. The molecule has 0 spiro atoms. The van der Waals surface area contributed by atoms with Crippen molar-refractivity contribution in [3.63, 3.8) is 0 Å². The molecule has 1 aromatic rings. The number of hydrogen-bond donors (Lipinski definition) is 0. The molecule has 1 aromatic carbocycles. The lowest BCUT2D eigenvalue weighted by Crippen LogP contribution is -2.40. The van der Waals surface area contributed by atoms with Gasteiger partial charge < -0.3 is 14.2 Å². The summed E-state index contributed by atoms with van der Waals surface area (Å²) in [4.78, 5) is 0. The molecule has 0 saturated carbocycles. The summed E-state index contributed by atoms with van der Waals surface area (Å²) in [6, 6.07) is 2.00. The van der Waals surface area contributed by atoms with Crippen LogP contribution in [0.5, 0.6) is 0 Å². The highest BCUT2D eigenvalue weighted by Gasteiger charge is 2.33. The number of hydrogen-bond acceptors (Lipinski definition) is 3. The zero-order valence-electron chi connectivity index (χ0n) is 11.7. The third-order valence-electron chi connectivity index (χ3n) is 3.96. The zero-order valence-corrected chi connectivity index (χ0v) is 13.9. The van der Waals surface area contributed by atoms with E-state index in [0.717, 1.165) is 18.6 Å². The molecule has 3 rings (SSSR count). The summed E-state index contributed by atoms with van der Waals surface area (Å²) in [7, 11) is 0. The first-order valence-electron chi connectivity index (χ1n) is 7.18. The zero-order chi connectivity index (χ0) is 15.7. The third kappa shape index (κ3) is 3.58. The number of rotatable bonds is 2. The van der Waals surface area contributed by atoms with E-state index in [9.17, 15) is 13.2 Å². The summed E-state index contributed by atoms with van der Waals surface area (Å²) >= 11 is 2.27. The second-order valence-electron chi connectivity index (χ2n) is 5.59. The van der Waals surface area contributed by atoms with Gasteiger partial charge in [0, 0.05) is 5.92 Å². The van der Waals surface area contributed by atoms with E-state index in [2.05, 4.69) is 22.6 Å². The highest BCUT2D eigenvalue weighted by molar-refractivity contribution is 14.1. The van der Waals surface area contributed by atoms with Crippen molar-refractivity contribution in [2.75, 3.05) is 19.8 Å². The van der Waals surface area contributed by atoms with Crippen LogP contribution in [0.4, 0.5) is 13.2 Å². The number of alkyl halides is 1. The van der Waals surface area contributed by atoms with Crippen molar-refractivity contribution in [3.05, 3.63) is 35.1 Å². The van der Waals surface area contributed by atoms with Crippen molar-refractivity contribution in [2.45, 2.75) is 29.2 Å². The number of halogens is 4. The highest BCUT2D eigenvalue weighted by Crippen LogP contribution is 2.34. The predicted octanol–water partition coefficient (Wildman–Crippen LogP) is 3.75. The molecule has 7 heteroatoms. The van der Waals surface area contributed by atoms with Crippen molar-refractivity contribution in [2.24, 2.45) is 5.92 Å². The monoisotopic (exact) mass is 428 g/mol. The van der Waals surface area contributed by atoms with Gasteiger partial charge in [0.1, 0.15) is 0 Å². The van der Waals surface area contributed by atoms with Gasteiger partial charge in [0.2, 0.25) is 0 Å². The van der Waals surface area contributed by atoms with Gasteiger partial charge in [0.25, 0.3) is 0 Å². The minimum Gasteiger partial charge on any atom is -0.373 e. The van der Waals surface area contributed by atoms with Crippen LogP contribution in [0, 0.1) is 23.4 Å². The van der Waals surface area contributed by atoms with E-state index in [4.69, 9.17) is 14.2 Å². The summed E-state index contributed by atoms with van der Waals surface area (Å²) in [6.07, 6.45) is 0.643. The smallest absolute Gasteiger partial charge is 0.194 e. The Morgan fingerprint density at radius 1 is 0.909 bits per heavy atom. The van der Waals surface area contributed by atoms with E-state index in [1.807, 2.05) is 0 Å². The molecule has 2 aliphatic heterocycles. The van der Waals surface area contributed by atoms with Gasteiger partial charge in [-0.25, -0.2) is 13.2 Å². The fraction of sp³-hybridized carbons (Fsp3) is 0.600. The van der Waals surface area contributed by atoms with E-state index in [1.54, 1.807) is 0 Å². The molecule has 22 heavy (non-hydrogen) atoms. The molecule has 0 amide bonds. The molecule has 2 unspecified atom stereocenters. The summed E-state index contributed by atoms with van der Waals surface area (Å²) < 4.78 is 56.9. The van der Waals surface area contributed by atoms with Gasteiger partial charge in [-0.05, 0) is 30.5 Å². The van der Waals surface area contributed by atoms with Gasteiger partial charge in [-0.2, -0.15) is 0 Å². The molecule has 0 aromatic heterocycles. The normalized spacial score (nSPS) is 32.9. The SMILES string of the molecule is Fc1cc(C2CCC(C3OCC(I)CO3)CO2)cc(F)c1F. The Balaban J connectivity index is 1.60. The highest BCUT2D eigenvalue weighted by atomic mass is 127. The van der Waals surface area contributed by atoms with Gasteiger partial charge in [-0.1, -0.05) is 22.6 Å². The summed E-state index contributed by atoms with van der Waals surface area (Å²) in [5.41, 5.74) is 0.327. The molecule has 122 valence electrons. The maximum atomic E-state index is 13.3. The molecule has 2 fully saturated rings. The lowest BCUT2D eigenvalue weighted by atomic mass is 9.94. The van der Waals surface area contributed by atoms with Crippen molar-refractivity contribution >= 4 is 22.6 Å². The van der Waals surface area contributed by atoms with Crippen LogP contribution in [-0.4, -0.2) is 30.0 Å². The molecule has 3 nitrogen and oxygen atoms in total. The standard InChI is InChI=1S/C15H16F3IO3/c16-11-3-9(4-12(17)14(11)18)13-2-1-8(5-20-13)15-21-6-10(19)7-22-15/h3-4,8,10,13,15H,1-2,5-7H2. The van der Waals surface area contributed by atoms with E-state index in [-0.39, 0.29) is 12.2 Å². The molecule has 0 bridgehead atoms. The van der Waals surface area contributed by atoms with Gasteiger partial charge in [0.05, 0.1) is 29.8 Å². The Kier molecular flexibility index (Phi) is 5.26. The Morgan fingerprint density at radius 3 is 2.09 bits per heavy atom. The Hall–Kier alpha value is -0.380. The second kappa shape index (κ2) is 7.02. The van der Waals surface area contributed by atoms with Crippen LogP contribution in [0.2, 0.25) is 0 Å². The van der Waals surface area contributed by atoms with Crippen molar-refractivity contribution in [1.82, 2.24) is 0 Å². The molecular formula is C15H16F3IO3. The number of ether oxygens (including phenoxy) is 3. The second-order valence-corrected chi connectivity index (χ2v) is 7.35. The van der Waals surface area contributed by atoms with Gasteiger partial charge in [-0.15, -0.1) is 0 Å². The molecule has 2 saturated heterocycles. The van der Waals surface area contributed by atoms with Crippen LogP contribution in [0.3, 0.4) is 0 Å². The molecular weight excluding hydrogens is 412 g/mol. The third-order valence-corrected chi connectivity index (χ3v) is 4.68. The first kappa shape index (κ1) is 16.5. The quantitative estimate of drug-likeness (QED) is 0.408. The fourth-order valence-corrected chi connectivity index (χ4v) is 3.19. The van der Waals surface area contributed by atoms with Crippen LogP contribution >= 0.6 is 22.6 Å². The Bertz CT molecular complexity index is 504. The molecule has 0 N–H and O–H groups in total. The maximum absolute atomic E-state index is 13.3. The Labute approximate surface area is 140 Å². The van der Waals surface area contributed by atoms with Gasteiger partial charge in [-0.3, -0.25) is 0 Å². The summed E-state index contributed by atoms with van der Waals surface area (Å²) in [6.45, 7) is 1.70. The van der Waals surface area contributed by atoms with Crippen molar-refractivity contribution in [3.8, 4) is 0 Å². The average Bonchev–Trinajstić information content (AvgIpc) is 2.53. The molecule has 0 aliphatic carbocycles. The van der Waals surface area contributed by atoms with Crippen LogP contribution in [0.1, 0.15) is 24.5 Å². The lowest BCUT2D eigenvalue weighted by molar-refractivity contribution is -0.221. The number of benzene rings is 1. The average molecular weight is 428 g/mol. The van der Waals surface area contributed by atoms with Crippen LogP contribution < -0.4 is 0 Å². The van der Waals surface area contributed by atoms with Crippen molar-refractivity contribution in [1.29, 1.82) is 0 Å². The van der Waals surface area contributed by atoms with Crippen LogP contribution in [0.25, 0.3) is 0 Å².